The number of hydrogen-bond donors (Lipinski definition) is 1. The van der Waals surface area contributed by atoms with Gasteiger partial charge in [-0.3, -0.25) is 0 Å². The van der Waals surface area contributed by atoms with Crippen LogP contribution >= 0.6 is 0 Å². The summed E-state index contributed by atoms with van der Waals surface area (Å²) in [7, 11) is 0. The monoisotopic (exact) mass is 279 g/mol. The van der Waals surface area contributed by atoms with Crippen LogP contribution in [0.4, 0.5) is 0 Å². The number of carbonyl (C=O) groups is 1. The number of oxazole rings is 1. The average molecular weight is 279 g/mol. The summed E-state index contributed by atoms with van der Waals surface area (Å²) in [5, 5.41) is 8.89. The van der Waals surface area contributed by atoms with Crippen LogP contribution in [0.1, 0.15) is 30.1 Å². The maximum atomic E-state index is 10.8. The van der Waals surface area contributed by atoms with E-state index in [0.717, 1.165) is 19.4 Å². The van der Waals surface area contributed by atoms with E-state index in [4.69, 9.17) is 19.0 Å². The van der Waals surface area contributed by atoms with Gasteiger partial charge < -0.3 is 19.0 Å². The van der Waals surface area contributed by atoms with Crippen LogP contribution in [-0.2, 0) is 4.74 Å². The molecule has 0 saturated heterocycles. The SMILES string of the molecule is CCCCOCCOc1nc2ccc(C(=O)O)cc2o1. The highest BCUT2D eigenvalue weighted by atomic mass is 16.6. The molecule has 0 atom stereocenters. The van der Waals surface area contributed by atoms with Crippen LogP contribution in [0.3, 0.4) is 0 Å². The van der Waals surface area contributed by atoms with E-state index in [9.17, 15) is 4.79 Å². The third-order valence-corrected chi connectivity index (χ3v) is 2.71. The Balaban J connectivity index is 1.89. The van der Waals surface area contributed by atoms with Gasteiger partial charge in [-0.05, 0) is 24.6 Å². The Kier molecular flexibility index (Phi) is 4.95. The zero-order valence-corrected chi connectivity index (χ0v) is 11.3. The summed E-state index contributed by atoms with van der Waals surface area (Å²) in [4.78, 5) is 14.9. The number of fused-ring (bicyclic) bond motifs is 1. The van der Waals surface area contributed by atoms with Crippen LogP contribution < -0.4 is 4.74 Å². The molecule has 2 aromatic rings. The van der Waals surface area contributed by atoms with Crippen molar-refractivity contribution in [3.8, 4) is 6.08 Å². The summed E-state index contributed by atoms with van der Waals surface area (Å²) < 4.78 is 16.0. The molecule has 0 saturated carbocycles. The van der Waals surface area contributed by atoms with Crippen molar-refractivity contribution >= 4 is 17.1 Å². The minimum Gasteiger partial charge on any atom is -0.478 e. The Morgan fingerprint density at radius 3 is 2.95 bits per heavy atom. The molecular formula is C14H17NO5. The normalized spacial score (nSPS) is 10.8. The smallest absolute Gasteiger partial charge is 0.394 e. The number of carboxylic acid groups (broad SMARTS) is 1. The summed E-state index contributed by atoms with van der Waals surface area (Å²) in [6.07, 6.45) is 2.25. The molecule has 1 aromatic carbocycles. The summed E-state index contributed by atoms with van der Waals surface area (Å²) in [6.45, 7) is 3.64. The van der Waals surface area contributed by atoms with Crippen molar-refractivity contribution in [2.24, 2.45) is 0 Å². The molecule has 0 aliphatic rings. The second-order valence-electron chi connectivity index (χ2n) is 4.28. The number of aromatic nitrogens is 1. The van der Waals surface area contributed by atoms with E-state index >= 15 is 0 Å². The van der Waals surface area contributed by atoms with Gasteiger partial charge in [-0.15, -0.1) is 0 Å². The van der Waals surface area contributed by atoms with Gasteiger partial charge in [0.2, 0.25) is 0 Å². The van der Waals surface area contributed by atoms with E-state index in [1.54, 1.807) is 6.07 Å². The summed E-state index contributed by atoms with van der Waals surface area (Å²) in [6, 6.07) is 4.49. The number of unbranched alkanes of at least 4 members (excludes halogenated alkanes) is 1. The topological polar surface area (TPSA) is 81.8 Å². The molecule has 6 heteroatoms. The van der Waals surface area contributed by atoms with Gasteiger partial charge in [0.1, 0.15) is 12.1 Å². The van der Waals surface area contributed by atoms with Crippen LogP contribution in [0.25, 0.3) is 11.1 Å². The lowest BCUT2D eigenvalue weighted by Crippen LogP contribution is -2.07. The predicted octanol–water partition coefficient (Wildman–Crippen LogP) is 2.72. The first-order valence-electron chi connectivity index (χ1n) is 6.55. The lowest BCUT2D eigenvalue weighted by Gasteiger charge is -2.02. The molecule has 0 unspecified atom stereocenters. The van der Waals surface area contributed by atoms with Crippen molar-refractivity contribution in [2.45, 2.75) is 19.8 Å². The van der Waals surface area contributed by atoms with Crippen LogP contribution in [0.5, 0.6) is 6.08 Å². The zero-order chi connectivity index (χ0) is 14.4. The molecule has 1 N–H and O–H groups in total. The third-order valence-electron chi connectivity index (χ3n) is 2.71. The Hall–Kier alpha value is -2.08. The Morgan fingerprint density at radius 2 is 2.20 bits per heavy atom. The minimum absolute atomic E-state index is 0.127. The molecule has 0 fully saturated rings. The highest BCUT2D eigenvalue weighted by Crippen LogP contribution is 2.21. The van der Waals surface area contributed by atoms with Gasteiger partial charge in [0.05, 0.1) is 12.2 Å². The molecule has 20 heavy (non-hydrogen) atoms. The van der Waals surface area contributed by atoms with Gasteiger partial charge >= 0.3 is 12.0 Å². The second-order valence-corrected chi connectivity index (χ2v) is 4.28. The van der Waals surface area contributed by atoms with Gasteiger partial charge in [0.25, 0.3) is 0 Å². The van der Waals surface area contributed by atoms with Gasteiger partial charge in [0, 0.05) is 6.61 Å². The number of nitrogens with zero attached hydrogens (tertiary/aromatic N) is 1. The lowest BCUT2D eigenvalue weighted by atomic mass is 10.2. The van der Waals surface area contributed by atoms with E-state index in [-0.39, 0.29) is 11.6 Å². The van der Waals surface area contributed by atoms with Crippen LogP contribution in [0.15, 0.2) is 22.6 Å². The summed E-state index contributed by atoms with van der Waals surface area (Å²) >= 11 is 0. The maximum Gasteiger partial charge on any atom is 0.394 e. The zero-order valence-electron chi connectivity index (χ0n) is 11.3. The van der Waals surface area contributed by atoms with E-state index < -0.39 is 5.97 Å². The molecule has 0 amide bonds. The quantitative estimate of drug-likeness (QED) is 0.748. The summed E-state index contributed by atoms with van der Waals surface area (Å²) in [5.41, 5.74) is 1.12. The number of benzene rings is 1. The van der Waals surface area contributed by atoms with Crippen LogP contribution in [-0.4, -0.2) is 35.9 Å². The van der Waals surface area contributed by atoms with Crippen molar-refractivity contribution in [3.05, 3.63) is 23.8 Å². The Labute approximate surface area is 116 Å². The number of ether oxygens (including phenoxy) is 2. The fourth-order valence-corrected chi connectivity index (χ4v) is 1.63. The van der Waals surface area contributed by atoms with Gasteiger partial charge in [-0.2, -0.15) is 4.98 Å². The molecule has 0 bridgehead atoms. The molecule has 2 rings (SSSR count). The van der Waals surface area contributed by atoms with E-state index in [1.807, 2.05) is 0 Å². The van der Waals surface area contributed by atoms with Crippen molar-refractivity contribution in [1.29, 1.82) is 0 Å². The fraction of sp³-hybridized carbons (Fsp3) is 0.429. The second kappa shape index (κ2) is 6.91. The average Bonchev–Trinajstić information content (AvgIpc) is 2.84. The summed E-state index contributed by atoms with van der Waals surface area (Å²) in [5.74, 6) is -1.00. The number of hydrogen-bond acceptors (Lipinski definition) is 5. The minimum atomic E-state index is -1.00. The van der Waals surface area contributed by atoms with Crippen molar-refractivity contribution in [3.63, 3.8) is 0 Å². The molecule has 0 spiro atoms. The first kappa shape index (κ1) is 14.3. The molecule has 108 valence electrons. The molecule has 1 heterocycles. The number of rotatable bonds is 8. The predicted molar refractivity (Wildman–Crippen MR) is 72.2 cm³/mol. The fourth-order valence-electron chi connectivity index (χ4n) is 1.63. The van der Waals surface area contributed by atoms with Gasteiger partial charge in [0.15, 0.2) is 5.58 Å². The van der Waals surface area contributed by atoms with Gasteiger partial charge in [-0.25, -0.2) is 4.79 Å². The molecule has 0 aliphatic carbocycles. The Bertz CT molecular complexity index is 578. The van der Waals surface area contributed by atoms with E-state index in [1.165, 1.54) is 12.1 Å². The Morgan fingerprint density at radius 1 is 1.35 bits per heavy atom. The maximum absolute atomic E-state index is 10.8. The van der Waals surface area contributed by atoms with E-state index in [0.29, 0.717) is 24.3 Å². The van der Waals surface area contributed by atoms with Crippen molar-refractivity contribution < 1.29 is 23.8 Å². The molecule has 0 radical (unpaired) electrons. The van der Waals surface area contributed by atoms with Crippen molar-refractivity contribution in [1.82, 2.24) is 4.98 Å². The van der Waals surface area contributed by atoms with Crippen LogP contribution in [0.2, 0.25) is 0 Å². The molecule has 1 aromatic heterocycles. The first-order valence-corrected chi connectivity index (χ1v) is 6.55. The highest BCUT2D eigenvalue weighted by molar-refractivity contribution is 5.91. The van der Waals surface area contributed by atoms with E-state index in [2.05, 4.69) is 11.9 Å². The third kappa shape index (κ3) is 3.71. The first-order chi connectivity index (χ1) is 9.70. The number of aromatic carboxylic acids is 1. The standard InChI is InChI=1S/C14H17NO5/c1-2-3-6-18-7-8-19-14-15-11-5-4-10(13(16)17)9-12(11)20-14/h4-5,9H,2-3,6-8H2,1H3,(H,16,17). The lowest BCUT2D eigenvalue weighted by molar-refractivity contribution is 0.0697. The molecule has 6 nitrogen and oxygen atoms in total. The largest absolute Gasteiger partial charge is 0.478 e. The molecular weight excluding hydrogens is 262 g/mol. The molecule has 0 aliphatic heterocycles. The van der Waals surface area contributed by atoms with Crippen molar-refractivity contribution in [2.75, 3.05) is 19.8 Å². The van der Waals surface area contributed by atoms with Gasteiger partial charge in [-0.1, -0.05) is 13.3 Å². The highest BCUT2D eigenvalue weighted by Gasteiger charge is 2.10. The van der Waals surface area contributed by atoms with Crippen LogP contribution in [0, 0.1) is 0 Å². The number of carboxylic acids is 1.